The first-order chi connectivity index (χ1) is 17.9. The van der Waals surface area contributed by atoms with E-state index >= 15 is 0 Å². The van der Waals surface area contributed by atoms with E-state index in [4.69, 9.17) is 5.73 Å². The SMILES string of the molecule is Nc1ccc(NC2CCN(C(=O)CCN3CCN(c4ccc(C(F)(F)F)nc4)CC3)CC2)cc1C(F)(F)F. The van der Waals surface area contributed by atoms with Gasteiger partial charge in [-0.3, -0.25) is 9.69 Å². The summed E-state index contributed by atoms with van der Waals surface area (Å²) in [5, 5.41) is 3.13. The van der Waals surface area contributed by atoms with Crippen LogP contribution in [0.5, 0.6) is 0 Å². The van der Waals surface area contributed by atoms with Crippen molar-refractivity contribution in [3.63, 3.8) is 0 Å². The largest absolute Gasteiger partial charge is 0.433 e. The summed E-state index contributed by atoms with van der Waals surface area (Å²) in [7, 11) is 0. The number of nitrogens with zero attached hydrogens (tertiary/aromatic N) is 4. The molecule has 0 spiro atoms. The predicted molar refractivity (Wildman–Crippen MR) is 132 cm³/mol. The predicted octanol–water partition coefficient (Wildman–Crippen LogP) is 4.32. The zero-order valence-electron chi connectivity index (χ0n) is 20.7. The highest BCUT2D eigenvalue weighted by Crippen LogP contribution is 2.35. The van der Waals surface area contributed by atoms with Gasteiger partial charge >= 0.3 is 12.4 Å². The van der Waals surface area contributed by atoms with Gasteiger partial charge in [0.05, 0.1) is 17.4 Å². The van der Waals surface area contributed by atoms with E-state index in [1.54, 1.807) is 4.90 Å². The molecule has 1 aromatic carbocycles. The van der Waals surface area contributed by atoms with E-state index in [1.165, 1.54) is 24.4 Å². The van der Waals surface area contributed by atoms with Gasteiger partial charge in [0.25, 0.3) is 0 Å². The van der Waals surface area contributed by atoms with Crippen LogP contribution < -0.4 is 16.0 Å². The number of piperazine rings is 1. The number of alkyl halides is 6. The maximum atomic E-state index is 13.1. The molecule has 0 saturated carbocycles. The van der Waals surface area contributed by atoms with Crippen LogP contribution in [0.4, 0.5) is 43.4 Å². The molecule has 4 rings (SSSR count). The standard InChI is InChI=1S/C25H30F6N6O/c26-24(27,28)20-15-18(1-3-21(20)32)34-17-5-9-37(10-6-17)23(38)7-8-35-11-13-36(14-12-35)19-2-4-22(33-16-19)25(29,30)31/h1-4,15-17,34H,5-14,32H2. The van der Waals surface area contributed by atoms with Crippen molar-refractivity contribution in [2.45, 2.75) is 37.7 Å². The summed E-state index contributed by atoms with van der Waals surface area (Å²) in [4.78, 5) is 22.2. The van der Waals surface area contributed by atoms with Crippen molar-refractivity contribution in [1.82, 2.24) is 14.8 Å². The van der Waals surface area contributed by atoms with Gasteiger partial charge < -0.3 is 20.9 Å². The summed E-state index contributed by atoms with van der Waals surface area (Å²) in [5.41, 5.74) is 4.34. The minimum atomic E-state index is -4.52. The van der Waals surface area contributed by atoms with Crippen LogP contribution >= 0.6 is 0 Å². The molecular weight excluding hydrogens is 514 g/mol. The van der Waals surface area contributed by atoms with Gasteiger partial charge in [0.15, 0.2) is 0 Å². The molecule has 3 heterocycles. The van der Waals surface area contributed by atoms with Crippen molar-refractivity contribution in [1.29, 1.82) is 0 Å². The topological polar surface area (TPSA) is 77.7 Å². The number of rotatable bonds is 6. The second-order valence-electron chi connectivity index (χ2n) is 9.58. The van der Waals surface area contributed by atoms with Crippen LogP contribution in [0.15, 0.2) is 36.5 Å². The molecule has 38 heavy (non-hydrogen) atoms. The number of anilines is 3. The van der Waals surface area contributed by atoms with Gasteiger partial charge in [0.2, 0.25) is 5.91 Å². The highest BCUT2D eigenvalue weighted by atomic mass is 19.4. The first-order valence-corrected chi connectivity index (χ1v) is 12.4. The third-order valence-corrected chi connectivity index (χ3v) is 6.99. The molecule has 1 aromatic heterocycles. The number of nitrogens with two attached hydrogens (primary N) is 1. The van der Waals surface area contributed by atoms with Crippen molar-refractivity contribution in [3.8, 4) is 0 Å². The van der Waals surface area contributed by atoms with Gasteiger partial charge in [0.1, 0.15) is 5.69 Å². The van der Waals surface area contributed by atoms with Crippen molar-refractivity contribution in [2.75, 3.05) is 61.8 Å². The number of hydrogen-bond acceptors (Lipinski definition) is 6. The average Bonchev–Trinajstić information content (AvgIpc) is 2.88. The molecular formula is C25H30F6N6O. The van der Waals surface area contributed by atoms with Crippen molar-refractivity contribution < 1.29 is 31.1 Å². The molecule has 3 N–H and O–H groups in total. The minimum Gasteiger partial charge on any atom is -0.398 e. The monoisotopic (exact) mass is 544 g/mol. The summed E-state index contributed by atoms with van der Waals surface area (Å²) in [6.07, 6.45) is -6.15. The summed E-state index contributed by atoms with van der Waals surface area (Å²) < 4.78 is 77.5. The molecule has 2 aliphatic rings. The lowest BCUT2D eigenvalue weighted by molar-refractivity contribution is -0.141. The molecule has 2 saturated heterocycles. The third-order valence-electron chi connectivity index (χ3n) is 6.99. The quantitative estimate of drug-likeness (QED) is 0.417. The minimum absolute atomic E-state index is 0.0321. The second-order valence-corrected chi connectivity index (χ2v) is 9.58. The van der Waals surface area contributed by atoms with Crippen LogP contribution in [0, 0.1) is 0 Å². The maximum absolute atomic E-state index is 13.1. The molecule has 2 aliphatic heterocycles. The lowest BCUT2D eigenvalue weighted by Crippen LogP contribution is -2.48. The maximum Gasteiger partial charge on any atom is 0.433 e. The Morgan fingerprint density at radius 1 is 0.947 bits per heavy atom. The Bertz CT molecular complexity index is 1090. The number of nitrogen functional groups attached to an aromatic ring is 1. The molecule has 0 aliphatic carbocycles. The van der Waals surface area contributed by atoms with Gasteiger partial charge in [0, 0.05) is 69.7 Å². The molecule has 0 unspecified atom stereocenters. The fourth-order valence-corrected chi connectivity index (χ4v) is 4.78. The van der Waals surface area contributed by atoms with E-state index < -0.39 is 23.6 Å². The Kier molecular flexibility index (Phi) is 8.24. The van der Waals surface area contributed by atoms with Crippen LogP contribution in [-0.4, -0.2) is 72.5 Å². The number of piperidine rings is 1. The number of halogens is 6. The molecule has 2 aromatic rings. The zero-order chi connectivity index (χ0) is 27.5. The van der Waals surface area contributed by atoms with E-state index in [0.717, 1.165) is 12.1 Å². The van der Waals surface area contributed by atoms with Crippen LogP contribution in [-0.2, 0) is 17.1 Å². The van der Waals surface area contributed by atoms with Crippen LogP contribution in [0.3, 0.4) is 0 Å². The van der Waals surface area contributed by atoms with Gasteiger partial charge in [-0.05, 0) is 43.2 Å². The lowest BCUT2D eigenvalue weighted by Gasteiger charge is -2.37. The van der Waals surface area contributed by atoms with E-state index in [1.807, 2.05) is 4.90 Å². The Morgan fingerprint density at radius 2 is 1.63 bits per heavy atom. The number of benzene rings is 1. The van der Waals surface area contributed by atoms with E-state index in [0.29, 0.717) is 76.5 Å². The Hall–Kier alpha value is -3.22. The summed E-state index contributed by atoms with van der Waals surface area (Å²) >= 11 is 0. The van der Waals surface area contributed by atoms with Crippen LogP contribution in [0.2, 0.25) is 0 Å². The molecule has 0 radical (unpaired) electrons. The van der Waals surface area contributed by atoms with Crippen molar-refractivity contribution in [3.05, 3.63) is 47.8 Å². The summed E-state index contributed by atoms with van der Waals surface area (Å²) in [6.45, 7) is 4.24. The molecule has 2 fully saturated rings. The molecule has 7 nitrogen and oxygen atoms in total. The number of nitrogens with one attached hydrogen (secondary N) is 1. The number of aromatic nitrogens is 1. The fraction of sp³-hybridized carbons (Fsp3) is 0.520. The number of amides is 1. The zero-order valence-corrected chi connectivity index (χ0v) is 20.7. The smallest absolute Gasteiger partial charge is 0.398 e. The van der Waals surface area contributed by atoms with E-state index in [2.05, 4.69) is 15.2 Å². The number of carbonyl (C=O) groups excluding carboxylic acids is 1. The van der Waals surface area contributed by atoms with E-state index in [9.17, 15) is 31.1 Å². The first kappa shape index (κ1) is 27.8. The number of pyridine rings is 1. The molecule has 13 heteroatoms. The van der Waals surface area contributed by atoms with Gasteiger partial charge in [-0.1, -0.05) is 0 Å². The molecule has 0 bridgehead atoms. The summed E-state index contributed by atoms with van der Waals surface area (Å²) in [5.74, 6) is 0.0321. The molecule has 0 atom stereocenters. The Morgan fingerprint density at radius 3 is 2.21 bits per heavy atom. The number of likely N-dealkylation sites (tertiary alicyclic amines) is 1. The number of hydrogen-bond donors (Lipinski definition) is 2. The van der Waals surface area contributed by atoms with Crippen molar-refractivity contribution in [2.24, 2.45) is 0 Å². The molecule has 208 valence electrons. The normalized spacial score (nSPS) is 18.1. The average molecular weight is 545 g/mol. The number of carbonyl (C=O) groups is 1. The Balaban J connectivity index is 1.17. The fourth-order valence-electron chi connectivity index (χ4n) is 4.78. The van der Waals surface area contributed by atoms with E-state index in [-0.39, 0.29) is 17.6 Å². The highest BCUT2D eigenvalue weighted by Gasteiger charge is 2.34. The van der Waals surface area contributed by atoms with Gasteiger partial charge in [-0.15, -0.1) is 0 Å². The first-order valence-electron chi connectivity index (χ1n) is 12.4. The summed E-state index contributed by atoms with van der Waals surface area (Å²) in [6, 6.07) is 6.14. The van der Waals surface area contributed by atoms with Crippen LogP contribution in [0.1, 0.15) is 30.5 Å². The third kappa shape index (κ3) is 7.00. The lowest BCUT2D eigenvalue weighted by atomic mass is 10.0. The van der Waals surface area contributed by atoms with Crippen LogP contribution in [0.25, 0.3) is 0 Å². The Labute approximate surface area is 216 Å². The van der Waals surface area contributed by atoms with Gasteiger partial charge in [-0.25, -0.2) is 4.98 Å². The van der Waals surface area contributed by atoms with Gasteiger partial charge in [-0.2, -0.15) is 26.3 Å². The second kappa shape index (κ2) is 11.3. The molecule has 1 amide bonds. The van der Waals surface area contributed by atoms with Crippen molar-refractivity contribution >= 4 is 23.0 Å². The highest BCUT2D eigenvalue weighted by molar-refractivity contribution is 5.76.